The van der Waals surface area contributed by atoms with Crippen LogP contribution in [-0.4, -0.2) is 21.7 Å². The summed E-state index contributed by atoms with van der Waals surface area (Å²) in [5, 5.41) is 18.9. The molecule has 4 rings (SSSR count). The minimum absolute atomic E-state index is 0.0541. The maximum Gasteiger partial charge on any atom is 0.219 e. The maximum absolute atomic E-state index is 14.0. The molecule has 0 radical (unpaired) electrons. The first kappa shape index (κ1) is 20.3. The molecule has 0 bridgehead atoms. The van der Waals surface area contributed by atoms with Crippen LogP contribution in [0.3, 0.4) is 0 Å². The number of halogens is 1. The Balaban J connectivity index is 1.88. The van der Waals surface area contributed by atoms with Crippen LogP contribution in [0.1, 0.15) is 30.7 Å². The highest BCUT2D eigenvalue weighted by Crippen LogP contribution is 2.47. The van der Waals surface area contributed by atoms with Crippen LogP contribution < -0.4 is 10.6 Å². The van der Waals surface area contributed by atoms with Crippen molar-refractivity contribution in [3.8, 4) is 6.07 Å². The Hall–Kier alpha value is -2.96. The Bertz CT molecular complexity index is 1130. The van der Waals surface area contributed by atoms with E-state index >= 15 is 0 Å². The number of anilines is 1. The number of rotatable bonds is 5. The number of benzene rings is 1. The smallest absolute Gasteiger partial charge is 0.219 e. The van der Waals surface area contributed by atoms with E-state index in [2.05, 4.69) is 22.8 Å². The van der Waals surface area contributed by atoms with Gasteiger partial charge >= 0.3 is 0 Å². The third-order valence-corrected chi connectivity index (χ3v) is 7.04. The summed E-state index contributed by atoms with van der Waals surface area (Å²) in [4.78, 5) is 14.7. The summed E-state index contributed by atoms with van der Waals surface area (Å²) in [5.74, 6) is -0.271. The lowest BCUT2D eigenvalue weighted by atomic mass is 9.76. The Morgan fingerprint density at radius 3 is 3.00 bits per heavy atom. The number of ketones is 1. The summed E-state index contributed by atoms with van der Waals surface area (Å²) in [6.45, 7) is 3.70. The number of aromatic nitrogens is 2. The summed E-state index contributed by atoms with van der Waals surface area (Å²) >= 11 is 2.84. The van der Waals surface area contributed by atoms with Gasteiger partial charge in [-0.3, -0.25) is 9.69 Å². The van der Waals surface area contributed by atoms with E-state index < -0.39 is 11.7 Å². The normalized spacial score (nSPS) is 19.0. The van der Waals surface area contributed by atoms with Crippen molar-refractivity contribution in [3.63, 3.8) is 0 Å². The van der Waals surface area contributed by atoms with Crippen LogP contribution in [0.15, 0.2) is 63.9 Å². The summed E-state index contributed by atoms with van der Waals surface area (Å²) in [6, 6.07) is 8.14. The van der Waals surface area contributed by atoms with Crippen molar-refractivity contribution < 1.29 is 9.18 Å². The van der Waals surface area contributed by atoms with Crippen molar-refractivity contribution in [2.24, 2.45) is 5.73 Å². The number of hydrogen-bond acceptors (Lipinski definition) is 8. The van der Waals surface area contributed by atoms with Crippen LogP contribution in [0.5, 0.6) is 0 Å². The van der Waals surface area contributed by atoms with Crippen molar-refractivity contribution in [1.29, 1.82) is 5.26 Å². The van der Waals surface area contributed by atoms with Gasteiger partial charge in [0.2, 0.25) is 5.13 Å². The van der Waals surface area contributed by atoms with Gasteiger partial charge in [0, 0.05) is 23.4 Å². The summed E-state index contributed by atoms with van der Waals surface area (Å²) in [5.41, 5.74) is 8.41. The van der Waals surface area contributed by atoms with Gasteiger partial charge in [-0.15, -0.1) is 16.8 Å². The van der Waals surface area contributed by atoms with Crippen molar-refractivity contribution in [2.45, 2.75) is 29.5 Å². The first-order valence-electron chi connectivity index (χ1n) is 9.34. The molecule has 1 atom stereocenters. The third kappa shape index (κ3) is 3.53. The van der Waals surface area contributed by atoms with Crippen molar-refractivity contribution in [1.82, 2.24) is 10.2 Å². The molecular formula is C21H18FN5OS2. The largest absolute Gasteiger partial charge is 0.384 e. The van der Waals surface area contributed by atoms with E-state index in [0.29, 0.717) is 47.0 Å². The lowest BCUT2D eigenvalue weighted by Crippen LogP contribution is -2.38. The number of carbonyl (C=O) groups is 1. The quantitative estimate of drug-likeness (QED) is 0.549. The molecule has 6 nitrogen and oxygen atoms in total. The van der Waals surface area contributed by atoms with E-state index in [0.717, 1.165) is 4.34 Å². The van der Waals surface area contributed by atoms with Crippen LogP contribution >= 0.6 is 23.1 Å². The molecular weight excluding hydrogens is 421 g/mol. The molecule has 0 saturated carbocycles. The molecule has 2 heterocycles. The molecule has 30 heavy (non-hydrogen) atoms. The van der Waals surface area contributed by atoms with E-state index in [1.54, 1.807) is 23.1 Å². The molecule has 1 aliphatic heterocycles. The molecule has 1 unspecified atom stereocenters. The van der Waals surface area contributed by atoms with Crippen LogP contribution in [0.2, 0.25) is 0 Å². The Morgan fingerprint density at radius 1 is 1.43 bits per heavy atom. The fourth-order valence-corrected chi connectivity index (χ4v) is 5.45. The zero-order chi connectivity index (χ0) is 21.3. The first-order chi connectivity index (χ1) is 14.5. The highest BCUT2D eigenvalue weighted by atomic mass is 32.2. The third-order valence-electron chi connectivity index (χ3n) is 5.01. The number of thioether (sulfide) groups is 1. The molecule has 9 heteroatoms. The van der Waals surface area contributed by atoms with Gasteiger partial charge in [-0.05, 0) is 30.5 Å². The highest BCUT2D eigenvalue weighted by molar-refractivity contribution is 8.01. The molecule has 152 valence electrons. The van der Waals surface area contributed by atoms with Crippen LogP contribution in [0.4, 0.5) is 9.52 Å². The molecule has 1 aromatic carbocycles. The van der Waals surface area contributed by atoms with Gasteiger partial charge < -0.3 is 5.73 Å². The lowest BCUT2D eigenvalue weighted by molar-refractivity contribution is -0.116. The lowest BCUT2D eigenvalue weighted by Gasteiger charge is -2.38. The fraction of sp³-hybridized carbons (Fsp3) is 0.238. The standard InChI is InChI=1S/C21H18FN5OS2/c1-2-9-29-21-26-25-20(30-21)27-15-7-4-8-16(28)18(15)17(14(11-23)19(27)24)12-5-3-6-13(22)10-12/h2-3,5-6,10,17H,1,4,7-9,24H2. The summed E-state index contributed by atoms with van der Waals surface area (Å²) in [6.07, 6.45) is 3.45. The maximum atomic E-state index is 14.0. The minimum Gasteiger partial charge on any atom is -0.384 e. The molecule has 2 aromatic rings. The Kier molecular flexibility index (Phi) is 5.70. The second-order valence-corrected chi connectivity index (χ2v) is 9.04. The number of nitriles is 1. The number of nitrogens with zero attached hydrogens (tertiary/aromatic N) is 4. The molecule has 2 aliphatic rings. The second kappa shape index (κ2) is 8.42. The van der Waals surface area contributed by atoms with Gasteiger partial charge in [0.25, 0.3) is 0 Å². The van der Waals surface area contributed by atoms with Gasteiger partial charge in [0.05, 0.1) is 17.6 Å². The molecule has 0 fully saturated rings. The SMILES string of the molecule is C=CCSc1nnc(N2C(N)=C(C#N)C(c3cccc(F)c3)C3=C2CCCC3=O)s1. The van der Waals surface area contributed by atoms with E-state index in [4.69, 9.17) is 5.73 Å². The Morgan fingerprint density at radius 2 is 2.27 bits per heavy atom. The van der Waals surface area contributed by atoms with Gasteiger partial charge in [0.15, 0.2) is 10.1 Å². The number of hydrogen-bond donors (Lipinski definition) is 1. The predicted octanol–water partition coefficient (Wildman–Crippen LogP) is 4.26. The molecule has 0 amide bonds. The molecule has 1 aromatic heterocycles. The zero-order valence-corrected chi connectivity index (χ0v) is 17.6. The average Bonchev–Trinajstić information content (AvgIpc) is 3.20. The first-order valence-corrected chi connectivity index (χ1v) is 11.1. The zero-order valence-electron chi connectivity index (χ0n) is 16.0. The van der Waals surface area contributed by atoms with Crippen LogP contribution in [0, 0.1) is 17.1 Å². The van der Waals surface area contributed by atoms with Crippen LogP contribution in [-0.2, 0) is 4.79 Å². The number of Topliss-reactive ketones (excluding diaryl/α,β-unsaturated/α-hetero) is 1. The average molecular weight is 440 g/mol. The number of nitrogens with two attached hydrogens (primary N) is 1. The van der Waals surface area contributed by atoms with Gasteiger partial charge in [-0.2, -0.15) is 5.26 Å². The molecule has 2 N–H and O–H groups in total. The van der Waals surface area contributed by atoms with E-state index in [9.17, 15) is 14.4 Å². The topological polar surface area (TPSA) is 95.9 Å². The summed E-state index contributed by atoms with van der Waals surface area (Å²) in [7, 11) is 0. The highest BCUT2D eigenvalue weighted by Gasteiger charge is 2.41. The molecule has 1 aliphatic carbocycles. The monoisotopic (exact) mass is 439 g/mol. The van der Waals surface area contributed by atoms with Gasteiger partial charge in [0.1, 0.15) is 11.6 Å². The van der Waals surface area contributed by atoms with Crippen molar-refractivity contribution in [3.05, 3.63) is 71.0 Å². The second-order valence-electron chi connectivity index (χ2n) is 6.82. The number of carbonyl (C=O) groups excluding carboxylic acids is 1. The van der Waals surface area contributed by atoms with Crippen molar-refractivity contribution >= 4 is 34.0 Å². The minimum atomic E-state index is -0.688. The van der Waals surface area contributed by atoms with E-state index in [1.807, 2.05) is 0 Å². The van der Waals surface area contributed by atoms with Crippen molar-refractivity contribution in [2.75, 3.05) is 10.7 Å². The molecule has 0 spiro atoms. The predicted molar refractivity (Wildman–Crippen MR) is 115 cm³/mol. The van der Waals surface area contributed by atoms with Crippen LogP contribution in [0.25, 0.3) is 0 Å². The Labute approximate surface area is 181 Å². The van der Waals surface area contributed by atoms with Gasteiger partial charge in [-0.1, -0.05) is 41.3 Å². The van der Waals surface area contributed by atoms with E-state index in [1.165, 1.54) is 35.2 Å². The van der Waals surface area contributed by atoms with Gasteiger partial charge in [-0.25, -0.2) is 4.39 Å². The summed E-state index contributed by atoms with van der Waals surface area (Å²) < 4.78 is 14.7. The molecule has 0 saturated heterocycles. The van der Waals surface area contributed by atoms with E-state index in [-0.39, 0.29) is 17.2 Å². The number of allylic oxidation sites excluding steroid dienone is 3. The fourth-order valence-electron chi connectivity index (χ4n) is 3.81.